The number of hydrogen-bond donors (Lipinski definition) is 1. The van der Waals surface area contributed by atoms with Crippen molar-refractivity contribution in [3.63, 3.8) is 0 Å². The highest BCUT2D eigenvalue weighted by molar-refractivity contribution is 5.89. The standard InChI is InChI=1S/C18H24N2O3/c21-13-15-7-4-8-19(11-15)18(23)16-9-17(22)20(12-16)10-14-5-2-1-3-6-14/h1-3,5-6,15-16,21H,4,7-13H2. The Morgan fingerprint density at radius 1 is 1.22 bits per heavy atom. The van der Waals surface area contributed by atoms with E-state index >= 15 is 0 Å². The van der Waals surface area contributed by atoms with Gasteiger partial charge in [0.05, 0.1) is 5.92 Å². The number of aliphatic hydroxyl groups excluding tert-OH is 1. The van der Waals surface area contributed by atoms with E-state index in [-0.39, 0.29) is 30.3 Å². The van der Waals surface area contributed by atoms with Crippen molar-refractivity contribution in [3.8, 4) is 0 Å². The molecule has 2 fully saturated rings. The lowest BCUT2D eigenvalue weighted by Crippen LogP contribution is -2.44. The van der Waals surface area contributed by atoms with Crippen LogP contribution in [0, 0.1) is 11.8 Å². The second-order valence-corrected chi connectivity index (χ2v) is 6.64. The van der Waals surface area contributed by atoms with Gasteiger partial charge in [-0.3, -0.25) is 9.59 Å². The fourth-order valence-electron chi connectivity index (χ4n) is 3.57. The zero-order valence-corrected chi connectivity index (χ0v) is 13.4. The SMILES string of the molecule is O=C1CC(C(=O)N2CCCC(CO)C2)CN1Cc1ccccc1. The Labute approximate surface area is 136 Å². The van der Waals surface area contributed by atoms with E-state index in [0.717, 1.165) is 24.9 Å². The van der Waals surface area contributed by atoms with Gasteiger partial charge < -0.3 is 14.9 Å². The van der Waals surface area contributed by atoms with Crippen molar-refractivity contribution in [1.82, 2.24) is 9.80 Å². The third kappa shape index (κ3) is 3.72. The topological polar surface area (TPSA) is 60.9 Å². The average molecular weight is 316 g/mol. The van der Waals surface area contributed by atoms with Gasteiger partial charge in [-0.25, -0.2) is 0 Å². The van der Waals surface area contributed by atoms with Gasteiger partial charge in [0.25, 0.3) is 0 Å². The number of carbonyl (C=O) groups excluding carboxylic acids is 2. The Kier molecular flexibility index (Phi) is 4.96. The Hall–Kier alpha value is -1.88. The van der Waals surface area contributed by atoms with Crippen molar-refractivity contribution in [2.45, 2.75) is 25.8 Å². The van der Waals surface area contributed by atoms with Crippen LogP contribution in [0.3, 0.4) is 0 Å². The summed E-state index contributed by atoms with van der Waals surface area (Å²) in [7, 11) is 0. The second-order valence-electron chi connectivity index (χ2n) is 6.64. The predicted octanol–water partition coefficient (Wildman–Crippen LogP) is 1.27. The van der Waals surface area contributed by atoms with Crippen molar-refractivity contribution in [1.29, 1.82) is 0 Å². The van der Waals surface area contributed by atoms with Crippen LogP contribution >= 0.6 is 0 Å². The number of hydrogen-bond acceptors (Lipinski definition) is 3. The van der Waals surface area contributed by atoms with E-state index in [4.69, 9.17) is 0 Å². The monoisotopic (exact) mass is 316 g/mol. The Morgan fingerprint density at radius 2 is 2.00 bits per heavy atom. The first-order valence-corrected chi connectivity index (χ1v) is 8.38. The summed E-state index contributed by atoms with van der Waals surface area (Å²) in [6.07, 6.45) is 2.22. The van der Waals surface area contributed by atoms with Crippen LogP contribution in [0.4, 0.5) is 0 Å². The quantitative estimate of drug-likeness (QED) is 0.910. The van der Waals surface area contributed by atoms with Crippen LogP contribution in [0.5, 0.6) is 0 Å². The zero-order valence-electron chi connectivity index (χ0n) is 13.4. The predicted molar refractivity (Wildman–Crippen MR) is 86.4 cm³/mol. The van der Waals surface area contributed by atoms with E-state index in [1.807, 2.05) is 35.2 Å². The van der Waals surface area contributed by atoms with Crippen LogP contribution < -0.4 is 0 Å². The number of aliphatic hydroxyl groups is 1. The molecule has 2 heterocycles. The molecule has 2 aliphatic rings. The third-order valence-electron chi connectivity index (χ3n) is 4.87. The summed E-state index contributed by atoms with van der Waals surface area (Å²) < 4.78 is 0. The Bertz CT molecular complexity index is 561. The highest BCUT2D eigenvalue weighted by atomic mass is 16.3. The van der Waals surface area contributed by atoms with E-state index in [1.165, 1.54) is 0 Å². The van der Waals surface area contributed by atoms with E-state index in [1.54, 1.807) is 4.90 Å². The molecule has 2 amide bonds. The molecule has 124 valence electrons. The van der Waals surface area contributed by atoms with E-state index < -0.39 is 0 Å². The van der Waals surface area contributed by atoms with Crippen LogP contribution in [0.15, 0.2) is 30.3 Å². The van der Waals surface area contributed by atoms with E-state index in [9.17, 15) is 14.7 Å². The fraction of sp³-hybridized carbons (Fsp3) is 0.556. The summed E-state index contributed by atoms with van der Waals surface area (Å²) in [6, 6.07) is 9.87. The molecule has 0 bridgehead atoms. The molecule has 23 heavy (non-hydrogen) atoms. The molecule has 5 heteroatoms. The largest absolute Gasteiger partial charge is 0.396 e. The molecule has 1 aromatic carbocycles. The molecular weight excluding hydrogens is 292 g/mol. The number of nitrogens with zero attached hydrogens (tertiary/aromatic N) is 2. The zero-order chi connectivity index (χ0) is 16.2. The van der Waals surface area contributed by atoms with Gasteiger partial charge in [0.15, 0.2) is 0 Å². The van der Waals surface area contributed by atoms with Gasteiger partial charge in [-0.05, 0) is 24.3 Å². The average Bonchev–Trinajstić information content (AvgIpc) is 2.96. The van der Waals surface area contributed by atoms with Crippen LogP contribution in [0.25, 0.3) is 0 Å². The summed E-state index contributed by atoms with van der Waals surface area (Å²) in [4.78, 5) is 28.5. The van der Waals surface area contributed by atoms with Gasteiger partial charge in [-0.15, -0.1) is 0 Å². The van der Waals surface area contributed by atoms with Gasteiger partial charge in [0.2, 0.25) is 11.8 Å². The molecule has 1 aromatic rings. The molecule has 0 spiro atoms. The van der Waals surface area contributed by atoms with E-state index in [0.29, 0.717) is 26.1 Å². The van der Waals surface area contributed by atoms with Crippen LogP contribution in [-0.4, -0.2) is 53.0 Å². The first-order valence-electron chi connectivity index (χ1n) is 8.38. The Balaban J connectivity index is 1.59. The summed E-state index contributed by atoms with van der Waals surface area (Å²) >= 11 is 0. The lowest BCUT2D eigenvalue weighted by atomic mass is 9.97. The minimum absolute atomic E-state index is 0.0583. The molecule has 1 N–H and O–H groups in total. The van der Waals surface area contributed by atoms with Gasteiger partial charge in [-0.2, -0.15) is 0 Å². The molecule has 3 rings (SSSR count). The van der Waals surface area contributed by atoms with Gasteiger partial charge in [0.1, 0.15) is 0 Å². The Morgan fingerprint density at radius 3 is 2.74 bits per heavy atom. The molecule has 0 aliphatic carbocycles. The molecule has 0 aromatic heterocycles. The number of rotatable bonds is 4. The minimum atomic E-state index is -0.233. The third-order valence-corrected chi connectivity index (χ3v) is 4.87. The lowest BCUT2D eigenvalue weighted by molar-refractivity contribution is -0.137. The van der Waals surface area contributed by atoms with Crippen LogP contribution in [-0.2, 0) is 16.1 Å². The lowest BCUT2D eigenvalue weighted by Gasteiger charge is -2.33. The maximum Gasteiger partial charge on any atom is 0.228 e. The van der Waals surface area contributed by atoms with Crippen LogP contribution in [0.2, 0.25) is 0 Å². The summed E-state index contributed by atoms with van der Waals surface area (Å²) in [6.45, 7) is 2.58. The molecule has 2 aliphatic heterocycles. The number of carbonyl (C=O) groups is 2. The van der Waals surface area contributed by atoms with Gasteiger partial charge in [-0.1, -0.05) is 30.3 Å². The van der Waals surface area contributed by atoms with E-state index in [2.05, 4.69) is 0 Å². The van der Waals surface area contributed by atoms with Crippen LogP contribution in [0.1, 0.15) is 24.8 Å². The van der Waals surface area contributed by atoms with Crippen molar-refractivity contribution in [2.24, 2.45) is 11.8 Å². The first-order chi connectivity index (χ1) is 11.2. The second kappa shape index (κ2) is 7.13. The summed E-state index contributed by atoms with van der Waals surface area (Å²) in [5, 5.41) is 9.30. The number of benzene rings is 1. The van der Waals surface area contributed by atoms with Gasteiger partial charge >= 0.3 is 0 Å². The fourth-order valence-corrected chi connectivity index (χ4v) is 3.57. The summed E-state index contributed by atoms with van der Waals surface area (Å²) in [5.41, 5.74) is 1.09. The maximum atomic E-state index is 12.7. The van der Waals surface area contributed by atoms with Crippen molar-refractivity contribution in [3.05, 3.63) is 35.9 Å². The minimum Gasteiger partial charge on any atom is -0.396 e. The van der Waals surface area contributed by atoms with Crippen molar-refractivity contribution in [2.75, 3.05) is 26.2 Å². The molecule has 5 nitrogen and oxygen atoms in total. The first kappa shape index (κ1) is 16.0. The molecule has 2 atom stereocenters. The number of piperidine rings is 1. The van der Waals surface area contributed by atoms with Gasteiger partial charge in [0, 0.05) is 39.2 Å². The number of amides is 2. The maximum absolute atomic E-state index is 12.7. The molecule has 0 saturated carbocycles. The normalized spacial score (nSPS) is 25.0. The molecule has 0 radical (unpaired) electrons. The highest BCUT2D eigenvalue weighted by Gasteiger charge is 2.37. The van der Waals surface area contributed by atoms with Crippen molar-refractivity contribution >= 4 is 11.8 Å². The summed E-state index contributed by atoms with van der Waals surface area (Å²) in [5.74, 6) is 0.0869. The smallest absolute Gasteiger partial charge is 0.228 e. The molecular formula is C18H24N2O3. The van der Waals surface area contributed by atoms with Crippen molar-refractivity contribution < 1.29 is 14.7 Å². The number of likely N-dealkylation sites (tertiary alicyclic amines) is 2. The molecule has 2 saturated heterocycles. The highest BCUT2D eigenvalue weighted by Crippen LogP contribution is 2.25. The molecule has 2 unspecified atom stereocenters.